The monoisotopic (exact) mass is 251 g/mol. The highest BCUT2D eigenvalue weighted by Gasteiger charge is 2.53. The predicted octanol–water partition coefficient (Wildman–Crippen LogP) is 2.95. The van der Waals surface area contributed by atoms with Crippen LogP contribution in [-0.2, 0) is 0 Å². The van der Waals surface area contributed by atoms with Gasteiger partial charge in [-0.25, -0.2) is 0 Å². The second-order valence-corrected chi connectivity index (χ2v) is 7.46. The van der Waals surface area contributed by atoms with Crippen molar-refractivity contribution in [1.82, 2.24) is 5.32 Å². The molecule has 18 heavy (non-hydrogen) atoms. The maximum Gasteiger partial charge on any atom is 0.0584 e. The second-order valence-electron chi connectivity index (χ2n) is 7.46. The molecule has 4 saturated carbocycles. The molecule has 4 bridgehead atoms. The molecule has 0 aromatic rings. The van der Waals surface area contributed by atoms with Gasteiger partial charge >= 0.3 is 0 Å². The Balaban J connectivity index is 1.70. The van der Waals surface area contributed by atoms with Crippen molar-refractivity contribution in [2.45, 2.75) is 70.9 Å². The lowest BCUT2D eigenvalue weighted by atomic mass is 9.48. The molecule has 4 aliphatic carbocycles. The van der Waals surface area contributed by atoms with Crippen LogP contribution in [0.4, 0.5) is 0 Å². The molecule has 0 radical (unpaired) electrons. The molecule has 2 heteroatoms. The van der Waals surface area contributed by atoms with E-state index in [4.69, 9.17) is 0 Å². The molecule has 2 nitrogen and oxygen atoms in total. The van der Waals surface area contributed by atoms with E-state index in [1.165, 1.54) is 38.5 Å². The van der Waals surface area contributed by atoms with Gasteiger partial charge in [0.15, 0.2) is 0 Å². The van der Waals surface area contributed by atoms with Gasteiger partial charge in [0.05, 0.1) is 6.61 Å². The molecule has 0 saturated heterocycles. The highest BCUT2D eigenvalue weighted by atomic mass is 16.3. The quantitative estimate of drug-likeness (QED) is 0.787. The summed E-state index contributed by atoms with van der Waals surface area (Å²) in [5.74, 6) is 3.07. The van der Waals surface area contributed by atoms with Crippen LogP contribution in [0.15, 0.2) is 0 Å². The summed E-state index contributed by atoms with van der Waals surface area (Å²) in [6.45, 7) is 4.83. The molecule has 104 valence electrons. The van der Waals surface area contributed by atoms with Gasteiger partial charge in [0, 0.05) is 12.1 Å². The van der Waals surface area contributed by atoms with Gasteiger partial charge in [0.25, 0.3) is 0 Å². The van der Waals surface area contributed by atoms with Gasteiger partial charge in [0.1, 0.15) is 0 Å². The number of aliphatic hydroxyl groups is 1. The zero-order valence-electron chi connectivity index (χ0n) is 12.0. The van der Waals surface area contributed by atoms with Gasteiger partial charge < -0.3 is 10.4 Å². The van der Waals surface area contributed by atoms with Crippen LogP contribution >= 0.6 is 0 Å². The third kappa shape index (κ3) is 2.12. The Morgan fingerprint density at radius 2 is 1.61 bits per heavy atom. The summed E-state index contributed by atoms with van der Waals surface area (Å²) in [7, 11) is 0. The Morgan fingerprint density at radius 1 is 1.11 bits per heavy atom. The third-order valence-electron chi connectivity index (χ3n) is 6.20. The highest BCUT2D eigenvalue weighted by molar-refractivity contribution is 5.05. The van der Waals surface area contributed by atoms with E-state index in [9.17, 15) is 5.11 Å². The van der Waals surface area contributed by atoms with Gasteiger partial charge in [0.2, 0.25) is 0 Å². The molecule has 0 aromatic carbocycles. The first-order valence-electron chi connectivity index (χ1n) is 8.02. The van der Waals surface area contributed by atoms with Crippen molar-refractivity contribution in [1.29, 1.82) is 0 Å². The number of nitrogens with one attached hydrogen (secondary N) is 1. The molecule has 0 heterocycles. The third-order valence-corrected chi connectivity index (χ3v) is 6.20. The zero-order valence-corrected chi connectivity index (χ0v) is 12.0. The van der Waals surface area contributed by atoms with Crippen LogP contribution in [-0.4, -0.2) is 23.8 Å². The van der Waals surface area contributed by atoms with Crippen molar-refractivity contribution in [3.05, 3.63) is 0 Å². The Morgan fingerprint density at radius 3 is 2.00 bits per heavy atom. The van der Waals surface area contributed by atoms with Crippen LogP contribution in [0.2, 0.25) is 0 Å². The Hall–Kier alpha value is -0.0800. The van der Waals surface area contributed by atoms with Crippen LogP contribution in [0, 0.1) is 23.2 Å². The van der Waals surface area contributed by atoms with E-state index < -0.39 is 0 Å². The molecule has 2 atom stereocenters. The fourth-order valence-corrected chi connectivity index (χ4v) is 5.54. The fourth-order valence-electron chi connectivity index (χ4n) is 5.54. The average molecular weight is 251 g/mol. The fraction of sp³-hybridized carbons (Fsp3) is 1.00. The van der Waals surface area contributed by atoms with Crippen LogP contribution in [0.25, 0.3) is 0 Å². The number of hydrogen-bond acceptors (Lipinski definition) is 2. The Labute approximate surface area is 112 Å². The molecular formula is C16H29NO. The van der Waals surface area contributed by atoms with E-state index in [-0.39, 0.29) is 6.61 Å². The molecule has 4 fully saturated rings. The van der Waals surface area contributed by atoms with E-state index in [1.807, 2.05) is 0 Å². The van der Waals surface area contributed by atoms with Crippen molar-refractivity contribution in [3.63, 3.8) is 0 Å². The zero-order chi connectivity index (χ0) is 12.8. The maximum atomic E-state index is 9.39. The van der Waals surface area contributed by atoms with Gasteiger partial charge in [-0.1, -0.05) is 6.92 Å². The minimum Gasteiger partial charge on any atom is -0.395 e. The van der Waals surface area contributed by atoms with Gasteiger partial charge in [-0.2, -0.15) is 0 Å². The summed E-state index contributed by atoms with van der Waals surface area (Å²) < 4.78 is 0. The standard InChI is InChI=1S/C16H29NO/c1-3-15(10-18)17-11(2)16-7-12-4-13(8-16)6-14(5-12)9-16/h11-15,17-18H,3-10H2,1-2H3/t11?,12?,13?,14?,15-,16?/m1/s1. The summed E-state index contributed by atoms with van der Waals surface area (Å²) >= 11 is 0. The van der Waals surface area contributed by atoms with Crippen LogP contribution in [0.5, 0.6) is 0 Å². The number of hydrogen-bond donors (Lipinski definition) is 2. The average Bonchev–Trinajstić information content (AvgIpc) is 2.34. The van der Waals surface area contributed by atoms with Crippen LogP contribution < -0.4 is 5.32 Å². The van der Waals surface area contributed by atoms with E-state index in [0.29, 0.717) is 17.5 Å². The highest BCUT2D eigenvalue weighted by Crippen LogP contribution is 2.61. The van der Waals surface area contributed by atoms with Gasteiger partial charge in [-0.3, -0.25) is 0 Å². The summed E-state index contributed by atoms with van der Waals surface area (Å²) in [6, 6.07) is 0.885. The maximum absolute atomic E-state index is 9.39. The van der Waals surface area contributed by atoms with Gasteiger partial charge in [-0.05, 0) is 75.0 Å². The van der Waals surface area contributed by atoms with E-state index >= 15 is 0 Å². The SMILES string of the molecule is CC[C@H](CO)NC(C)C12CC3CC(CC(C3)C1)C2. The smallest absolute Gasteiger partial charge is 0.0584 e. The molecular weight excluding hydrogens is 222 g/mol. The summed E-state index contributed by atoms with van der Waals surface area (Å²) in [5, 5.41) is 13.1. The molecule has 0 aromatic heterocycles. The second kappa shape index (κ2) is 4.79. The number of aliphatic hydroxyl groups excluding tert-OH is 1. The first-order chi connectivity index (χ1) is 8.65. The molecule has 4 rings (SSSR count). The van der Waals surface area contributed by atoms with Gasteiger partial charge in [-0.15, -0.1) is 0 Å². The van der Waals surface area contributed by atoms with Crippen molar-refractivity contribution in [3.8, 4) is 0 Å². The normalized spacial score (nSPS) is 45.2. The molecule has 0 aliphatic heterocycles. The predicted molar refractivity (Wildman–Crippen MR) is 74.4 cm³/mol. The molecule has 4 aliphatic rings. The summed E-state index contributed by atoms with van der Waals surface area (Å²) in [6.07, 6.45) is 9.95. The lowest BCUT2D eigenvalue weighted by Gasteiger charge is -2.59. The first kappa shape index (κ1) is 12.9. The molecule has 2 N–H and O–H groups in total. The largest absolute Gasteiger partial charge is 0.395 e. The van der Waals surface area contributed by atoms with Crippen LogP contribution in [0.3, 0.4) is 0 Å². The summed E-state index contributed by atoms with van der Waals surface area (Å²) in [4.78, 5) is 0. The van der Waals surface area contributed by atoms with Crippen molar-refractivity contribution >= 4 is 0 Å². The minimum atomic E-state index is 0.285. The Kier molecular flexibility index (Phi) is 3.44. The number of rotatable bonds is 5. The van der Waals surface area contributed by atoms with Crippen molar-refractivity contribution in [2.75, 3.05) is 6.61 Å². The molecule has 0 amide bonds. The lowest BCUT2D eigenvalue weighted by Crippen LogP contribution is -2.56. The minimum absolute atomic E-state index is 0.285. The van der Waals surface area contributed by atoms with Crippen molar-refractivity contribution < 1.29 is 5.11 Å². The lowest BCUT2D eigenvalue weighted by molar-refractivity contribution is -0.0730. The van der Waals surface area contributed by atoms with E-state index in [2.05, 4.69) is 19.2 Å². The summed E-state index contributed by atoms with van der Waals surface area (Å²) in [5.41, 5.74) is 0.567. The van der Waals surface area contributed by atoms with E-state index in [1.54, 1.807) is 0 Å². The molecule has 1 unspecified atom stereocenters. The topological polar surface area (TPSA) is 32.3 Å². The van der Waals surface area contributed by atoms with Crippen LogP contribution in [0.1, 0.15) is 58.8 Å². The Bertz CT molecular complexity index is 262. The first-order valence-corrected chi connectivity index (χ1v) is 8.02. The van der Waals surface area contributed by atoms with E-state index in [0.717, 1.165) is 24.2 Å². The van der Waals surface area contributed by atoms with Crippen molar-refractivity contribution in [2.24, 2.45) is 23.2 Å². The molecule has 0 spiro atoms.